The van der Waals surface area contributed by atoms with Gasteiger partial charge in [-0.15, -0.1) is 0 Å². The minimum atomic E-state index is -1.08. The first-order valence-corrected chi connectivity index (χ1v) is 16.5. The van der Waals surface area contributed by atoms with Crippen LogP contribution in [0.5, 0.6) is 0 Å². The highest BCUT2D eigenvalue weighted by Gasteiger charge is 2.30. The SMILES string of the molecule is COC(=O)C[C@H](O)C[C@H](O)CCc1c(-c2ccc(F)cc2)c(-c2ccccc2)c(C(=O)NCc2ccc(C(=O)OC(C)C)cc2)n1C(C)C. The van der Waals surface area contributed by atoms with E-state index in [0.29, 0.717) is 28.8 Å². The number of esters is 2. The Morgan fingerprint density at radius 2 is 1.47 bits per heavy atom. The predicted molar refractivity (Wildman–Crippen MR) is 185 cm³/mol. The zero-order valence-corrected chi connectivity index (χ0v) is 28.6. The number of nitrogens with zero attached hydrogens (tertiary/aromatic N) is 1. The normalized spacial score (nSPS) is 12.5. The molecule has 9 nitrogen and oxygen atoms in total. The molecule has 0 saturated heterocycles. The molecule has 0 saturated carbocycles. The zero-order valence-electron chi connectivity index (χ0n) is 28.6. The fraction of sp³-hybridized carbons (Fsp3) is 0.359. The molecule has 0 aliphatic rings. The molecule has 10 heteroatoms. The Morgan fingerprint density at radius 1 is 0.837 bits per heavy atom. The monoisotopic (exact) mass is 672 g/mol. The number of ether oxygens (including phenoxy) is 2. The van der Waals surface area contributed by atoms with Crippen molar-refractivity contribution in [3.8, 4) is 22.3 Å². The number of aromatic nitrogens is 1. The quantitative estimate of drug-likeness (QED) is 0.121. The lowest BCUT2D eigenvalue weighted by Crippen LogP contribution is -2.27. The van der Waals surface area contributed by atoms with Crippen molar-refractivity contribution in [2.24, 2.45) is 0 Å². The largest absolute Gasteiger partial charge is 0.469 e. The third-order valence-electron chi connectivity index (χ3n) is 8.11. The van der Waals surface area contributed by atoms with Gasteiger partial charge >= 0.3 is 11.9 Å². The molecule has 4 aromatic rings. The average Bonchev–Trinajstić information content (AvgIpc) is 3.42. The van der Waals surface area contributed by atoms with E-state index in [-0.39, 0.29) is 43.9 Å². The van der Waals surface area contributed by atoms with Gasteiger partial charge in [0.25, 0.3) is 5.91 Å². The van der Waals surface area contributed by atoms with Gasteiger partial charge in [0, 0.05) is 29.4 Å². The molecule has 1 aromatic heterocycles. The van der Waals surface area contributed by atoms with Gasteiger partial charge in [0.2, 0.25) is 0 Å². The predicted octanol–water partition coefficient (Wildman–Crippen LogP) is 6.64. The number of hydrogen-bond acceptors (Lipinski definition) is 7. The number of methoxy groups -OCH3 is 1. The Labute approximate surface area is 286 Å². The first kappa shape index (κ1) is 37.0. The molecule has 0 bridgehead atoms. The topological polar surface area (TPSA) is 127 Å². The summed E-state index contributed by atoms with van der Waals surface area (Å²) in [5.74, 6) is -1.72. The fourth-order valence-electron chi connectivity index (χ4n) is 5.89. The van der Waals surface area contributed by atoms with Crippen molar-refractivity contribution >= 4 is 17.8 Å². The van der Waals surface area contributed by atoms with Gasteiger partial charge in [-0.25, -0.2) is 9.18 Å². The second kappa shape index (κ2) is 17.0. The molecule has 4 rings (SSSR count). The maximum Gasteiger partial charge on any atom is 0.338 e. The van der Waals surface area contributed by atoms with E-state index in [1.807, 2.05) is 48.7 Å². The molecule has 3 N–H and O–H groups in total. The summed E-state index contributed by atoms with van der Waals surface area (Å²) >= 11 is 0. The number of aliphatic hydroxyl groups excluding tert-OH is 2. The van der Waals surface area contributed by atoms with Crippen LogP contribution in [0.3, 0.4) is 0 Å². The van der Waals surface area contributed by atoms with Gasteiger partial charge in [-0.1, -0.05) is 54.6 Å². The van der Waals surface area contributed by atoms with E-state index in [4.69, 9.17) is 4.74 Å². The average molecular weight is 673 g/mol. The summed E-state index contributed by atoms with van der Waals surface area (Å²) in [6, 6.07) is 22.3. The summed E-state index contributed by atoms with van der Waals surface area (Å²) in [4.78, 5) is 38.2. The first-order chi connectivity index (χ1) is 23.4. The fourth-order valence-corrected chi connectivity index (χ4v) is 5.89. The third kappa shape index (κ3) is 9.64. The van der Waals surface area contributed by atoms with Gasteiger partial charge in [-0.2, -0.15) is 0 Å². The smallest absolute Gasteiger partial charge is 0.338 e. The van der Waals surface area contributed by atoms with Crippen LogP contribution >= 0.6 is 0 Å². The number of benzene rings is 3. The zero-order chi connectivity index (χ0) is 35.7. The van der Waals surface area contributed by atoms with Crippen LogP contribution in [0.2, 0.25) is 0 Å². The highest BCUT2D eigenvalue weighted by molar-refractivity contribution is 6.05. The summed E-state index contributed by atoms with van der Waals surface area (Å²) in [6.07, 6.45) is -1.99. The molecule has 1 heterocycles. The van der Waals surface area contributed by atoms with E-state index in [2.05, 4.69) is 10.1 Å². The van der Waals surface area contributed by atoms with Crippen molar-refractivity contribution < 1.29 is 38.5 Å². The van der Waals surface area contributed by atoms with E-state index in [1.54, 1.807) is 50.2 Å². The van der Waals surface area contributed by atoms with Crippen molar-refractivity contribution in [1.29, 1.82) is 0 Å². The highest BCUT2D eigenvalue weighted by Crippen LogP contribution is 2.42. The standard InChI is InChI=1S/C39H45FN2O7/c1-24(2)42-33(20-19-31(43)21-32(44)22-34(45)48-5)35(28-15-17-30(40)18-16-28)36(27-9-7-6-8-10-27)37(42)38(46)41-23-26-11-13-29(14-12-26)39(47)49-25(3)4/h6-18,24-25,31-32,43-44H,19-23H2,1-5H3,(H,41,46)/t31-,32-/m1/s1. The summed E-state index contributed by atoms with van der Waals surface area (Å²) in [6.45, 7) is 7.69. The number of aliphatic hydroxyl groups is 2. The molecular formula is C39H45FN2O7. The second-order valence-electron chi connectivity index (χ2n) is 12.6. The number of hydrogen-bond donors (Lipinski definition) is 3. The number of amides is 1. The molecule has 3 aromatic carbocycles. The second-order valence-corrected chi connectivity index (χ2v) is 12.6. The van der Waals surface area contributed by atoms with E-state index in [1.165, 1.54) is 19.2 Å². The Kier molecular flexibility index (Phi) is 12.9. The van der Waals surface area contributed by atoms with Crippen molar-refractivity contribution in [2.45, 2.75) is 84.3 Å². The van der Waals surface area contributed by atoms with Crippen LogP contribution < -0.4 is 5.32 Å². The lowest BCUT2D eigenvalue weighted by Gasteiger charge is -2.20. The Bertz CT molecular complexity index is 1720. The van der Waals surface area contributed by atoms with Crippen LogP contribution in [0.4, 0.5) is 4.39 Å². The summed E-state index contributed by atoms with van der Waals surface area (Å²) < 4.78 is 26.0. The maximum atomic E-state index is 14.3. The lowest BCUT2D eigenvalue weighted by atomic mass is 9.92. The van der Waals surface area contributed by atoms with Gasteiger partial charge in [0.15, 0.2) is 0 Å². The maximum absolute atomic E-state index is 14.3. The van der Waals surface area contributed by atoms with Crippen molar-refractivity contribution in [2.75, 3.05) is 7.11 Å². The van der Waals surface area contributed by atoms with Gasteiger partial charge < -0.3 is 29.6 Å². The van der Waals surface area contributed by atoms with Gasteiger partial charge in [-0.05, 0) is 87.9 Å². The molecule has 2 atom stereocenters. The van der Waals surface area contributed by atoms with Crippen LogP contribution in [0.15, 0.2) is 78.9 Å². The number of nitrogens with one attached hydrogen (secondary N) is 1. The molecule has 0 aliphatic heterocycles. The van der Waals surface area contributed by atoms with Crippen LogP contribution in [0.1, 0.15) is 85.1 Å². The minimum Gasteiger partial charge on any atom is -0.469 e. The summed E-state index contributed by atoms with van der Waals surface area (Å²) in [5.41, 5.74) is 5.26. The Hall–Kier alpha value is -4.80. The molecule has 0 aliphatic carbocycles. The highest BCUT2D eigenvalue weighted by atomic mass is 19.1. The van der Waals surface area contributed by atoms with E-state index >= 15 is 0 Å². The summed E-state index contributed by atoms with van der Waals surface area (Å²) in [5, 5.41) is 24.3. The molecule has 0 spiro atoms. The summed E-state index contributed by atoms with van der Waals surface area (Å²) in [7, 11) is 1.24. The number of carbonyl (C=O) groups excluding carboxylic acids is 3. The van der Waals surface area contributed by atoms with Crippen molar-refractivity contribution in [3.05, 3.63) is 107 Å². The van der Waals surface area contributed by atoms with Crippen LogP contribution in [0, 0.1) is 5.82 Å². The molecule has 260 valence electrons. The van der Waals surface area contributed by atoms with Crippen LogP contribution in [-0.2, 0) is 27.2 Å². The number of halogens is 1. The molecular weight excluding hydrogens is 627 g/mol. The van der Waals surface area contributed by atoms with E-state index in [9.17, 15) is 29.0 Å². The van der Waals surface area contributed by atoms with E-state index in [0.717, 1.165) is 22.4 Å². The molecule has 49 heavy (non-hydrogen) atoms. The molecule has 0 fully saturated rings. The Balaban J connectivity index is 1.76. The van der Waals surface area contributed by atoms with Gasteiger partial charge in [-0.3, -0.25) is 9.59 Å². The third-order valence-corrected chi connectivity index (χ3v) is 8.11. The number of carbonyl (C=O) groups is 3. The lowest BCUT2D eigenvalue weighted by molar-refractivity contribution is -0.143. The molecule has 1 amide bonds. The van der Waals surface area contributed by atoms with Crippen LogP contribution in [-0.4, -0.2) is 58.0 Å². The number of rotatable bonds is 15. The van der Waals surface area contributed by atoms with Crippen LogP contribution in [0.25, 0.3) is 22.3 Å². The van der Waals surface area contributed by atoms with E-state index < -0.39 is 30.0 Å². The van der Waals surface area contributed by atoms with Crippen molar-refractivity contribution in [1.82, 2.24) is 9.88 Å². The minimum absolute atomic E-state index is 0.0315. The van der Waals surface area contributed by atoms with Gasteiger partial charge in [0.1, 0.15) is 11.5 Å². The molecule has 0 radical (unpaired) electrons. The van der Waals surface area contributed by atoms with Gasteiger partial charge in [0.05, 0.1) is 37.4 Å². The molecule has 0 unspecified atom stereocenters. The van der Waals surface area contributed by atoms with Crippen molar-refractivity contribution in [3.63, 3.8) is 0 Å². The Morgan fingerprint density at radius 3 is 2.06 bits per heavy atom. The first-order valence-electron chi connectivity index (χ1n) is 16.5.